The molecule has 4 fully saturated rings. The van der Waals surface area contributed by atoms with Crippen molar-refractivity contribution in [2.75, 3.05) is 7.11 Å². The third-order valence-corrected chi connectivity index (χ3v) is 7.31. The quantitative estimate of drug-likeness (QED) is 0.575. The molecule has 4 aliphatic rings. The Bertz CT molecular complexity index is 915. The average molecular weight is 404 g/mol. The van der Waals surface area contributed by atoms with Gasteiger partial charge in [-0.15, -0.1) is 0 Å². The Morgan fingerprint density at radius 2 is 1.83 bits per heavy atom. The molecule has 0 unspecified atom stereocenters. The molecule has 4 saturated carbocycles. The molecule has 4 nitrogen and oxygen atoms in total. The first-order chi connectivity index (χ1) is 14.6. The molecule has 156 valence electrons. The van der Waals surface area contributed by atoms with Gasteiger partial charge in [0.2, 0.25) is 5.88 Å². The van der Waals surface area contributed by atoms with Crippen molar-refractivity contribution in [1.29, 1.82) is 0 Å². The molecule has 0 saturated heterocycles. The lowest BCUT2D eigenvalue weighted by atomic mass is 9.48. The molecular formula is C26H29NO3. The summed E-state index contributed by atoms with van der Waals surface area (Å²) in [5.41, 5.74) is 1.85. The third-order valence-electron chi connectivity index (χ3n) is 7.31. The zero-order valence-corrected chi connectivity index (χ0v) is 17.5. The topological polar surface area (TPSA) is 48.4 Å². The zero-order chi connectivity index (χ0) is 20.6. The van der Waals surface area contributed by atoms with E-state index in [2.05, 4.69) is 4.98 Å². The first-order valence-electron chi connectivity index (χ1n) is 11.1. The van der Waals surface area contributed by atoms with Gasteiger partial charge in [0, 0.05) is 23.2 Å². The fourth-order valence-corrected chi connectivity index (χ4v) is 6.36. The number of rotatable bonds is 7. The number of benzene rings is 1. The van der Waals surface area contributed by atoms with Crippen LogP contribution in [0.2, 0.25) is 0 Å². The molecule has 6 rings (SSSR count). The van der Waals surface area contributed by atoms with Gasteiger partial charge in [0.05, 0.1) is 7.11 Å². The maximum Gasteiger partial charge on any atom is 0.213 e. The van der Waals surface area contributed by atoms with Crippen LogP contribution < -0.4 is 9.47 Å². The summed E-state index contributed by atoms with van der Waals surface area (Å²) in [4.78, 5) is 17.4. The zero-order valence-electron chi connectivity index (χ0n) is 17.5. The van der Waals surface area contributed by atoms with Gasteiger partial charge in [-0.1, -0.05) is 18.2 Å². The second-order valence-electron chi connectivity index (χ2n) is 9.42. The van der Waals surface area contributed by atoms with E-state index in [0.717, 1.165) is 53.9 Å². The molecule has 1 aromatic carbocycles. The van der Waals surface area contributed by atoms with E-state index in [1.54, 1.807) is 13.3 Å². The molecular weight excluding hydrogens is 374 g/mol. The molecule has 0 N–H and O–H groups in total. The van der Waals surface area contributed by atoms with E-state index in [1.807, 2.05) is 48.6 Å². The molecule has 4 bridgehead atoms. The van der Waals surface area contributed by atoms with Crippen molar-refractivity contribution in [2.24, 2.45) is 23.2 Å². The third kappa shape index (κ3) is 3.76. The number of nitrogens with zero attached hydrogens (tertiary/aromatic N) is 1. The van der Waals surface area contributed by atoms with Gasteiger partial charge in [-0.05, 0) is 86.1 Å². The van der Waals surface area contributed by atoms with Crippen molar-refractivity contribution >= 4 is 11.9 Å². The number of hydrogen-bond acceptors (Lipinski definition) is 4. The Kier molecular flexibility index (Phi) is 5.10. The van der Waals surface area contributed by atoms with Crippen LogP contribution in [-0.4, -0.2) is 17.9 Å². The van der Waals surface area contributed by atoms with Gasteiger partial charge >= 0.3 is 0 Å². The van der Waals surface area contributed by atoms with Crippen molar-refractivity contribution in [3.05, 3.63) is 59.8 Å². The average Bonchev–Trinajstić information content (AvgIpc) is 2.76. The molecule has 4 heteroatoms. The number of aromatic nitrogens is 1. The Hall–Kier alpha value is -2.62. The number of pyridine rings is 1. The number of carbonyl (C=O) groups excluding carboxylic acids is 1. The maximum absolute atomic E-state index is 13.2. The predicted molar refractivity (Wildman–Crippen MR) is 116 cm³/mol. The number of carbonyl (C=O) groups is 1. The normalized spacial score (nSPS) is 29.3. The van der Waals surface area contributed by atoms with Gasteiger partial charge in [-0.25, -0.2) is 4.98 Å². The standard InChI is InChI=1S/C26H29NO3/c1-29-23-7-5-18(13-22(23)17-30-25-4-2-3-9-27-25)6-8-24(28)26-14-19-10-20(15-26)12-21(11-19)16-26/h2-9,13,19-21H,10-12,14-17H2,1H3. The highest BCUT2D eigenvalue weighted by Gasteiger charge is 2.53. The predicted octanol–water partition coefficient (Wildman–Crippen LogP) is 5.47. The first kappa shape index (κ1) is 19.3. The van der Waals surface area contributed by atoms with Crippen LogP contribution in [-0.2, 0) is 11.4 Å². The van der Waals surface area contributed by atoms with E-state index >= 15 is 0 Å². The number of ketones is 1. The fourth-order valence-electron chi connectivity index (χ4n) is 6.36. The van der Waals surface area contributed by atoms with Gasteiger partial charge in [-0.3, -0.25) is 4.79 Å². The molecule has 30 heavy (non-hydrogen) atoms. The van der Waals surface area contributed by atoms with Crippen LogP contribution in [0, 0.1) is 23.2 Å². The summed E-state index contributed by atoms with van der Waals surface area (Å²) in [5.74, 6) is 4.04. The minimum Gasteiger partial charge on any atom is -0.496 e. The van der Waals surface area contributed by atoms with Gasteiger partial charge in [0.15, 0.2) is 5.78 Å². The smallest absolute Gasteiger partial charge is 0.213 e. The van der Waals surface area contributed by atoms with Crippen molar-refractivity contribution in [3.63, 3.8) is 0 Å². The summed E-state index contributed by atoms with van der Waals surface area (Å²) in [5, 5.41) is 0. The maximum atomic E-state index is 13.2. The Labute approximate surface area is 178 Å². The molecule has 0 spiro atoms. The van der Waals surface area contributed by atoms with Gasteiger partial charge in [0.25, 0.3) is 0 Å². The fraction of sp³-hybridized carbons (Fsp3) is 0.462. The lowest BCUT2D eigenvalue weighted by molar-refractivity contribution is -0.138. The van der Waals surface area contributed by atoms with E-state index < -0.39 is 0 Å². The Balaban J connectivity index is 1.31. The van der Waals surface area contributed by atoms with Crippen LogP contribution in [0.1, 0.15) is 49.7 Å². The summed E-state index contributed by atoms with van der Waals surface area (Å²) < 4.78 is 11.3. The van der Waals surface area contributed by atoms with Crippen LogP contribution in [0.5, 0.6) is 11.6 Å². The summed E-state index contributed by atoms with van der Waals surface area (Å²) in [6.45, 7) is 0.366. The number of hydrogen-bond donors (Lipinski definition) is 0. The van der Waals surface area contributed by atoms with Gasteiger partial charge < -0.3 is 9.47 Å². The summed E-state index contributed by atoms with van der Waals surface area (Å²) in [6.07, 6.45) is 12.9. The van der Waals surface area contributed by atoms with E-state index in [4.69, 9.17) is 9.47 Å². The highest BCUT2D eigenvalue weighted by molar-refractivity contribution is 5.98. The second kappa shape index (κ2) is 7.90. The monoisotopic (exact) mass is 403 g/mol. The summed E-state index contributed by atoms with van der Waals surface area (Å²) >= 11 is 0. The molecule has 2 aromatic rings. The summed E-state index contributed by atoms with van der Waals surface area (Å²) in [7, 11) is 1.66. The minimum atomic E-state index is -0.0807. The molecule has 1 heterocycles. The van der Waals surface area contributed by atoms with Crippen LogP contribution in [0.15, 0.2) is 48.7 Å². The van der Waals surface area contributed by atoms with E-state index in [-0.39, 0.29) is 5.41 Å². The Morgan fingerprint density at radius 1 is 1.10 bits per heavy atom. The lowest BCUT2D eigenvalue weighted by Crippen LogP contribution is -2.49. The highest BCUT2D eigenvalue weighted by atomic mass is 16.5. The van der Waals surface area contributed by atoms with Crippen molar-refractivity contribution in [1.82, 2.24) is 4.98 Å². The first-order valence-corrected chi connectivity index (χ1v) is 11.1. The van der Waals surface area contributed by atoms with Crippen LogP contribution in [0.4, 0.5) is 0 Å². The molecule has 4 aliphatic carbocycles. The van der Waals surface area contributed by atoms with Gasteiger partial charge in [0.1, 0.15) is 12.4 Å². The number of ether oxygens (including phenoxy) is 2. The lowest BCUT2D eigenvalue weighted by Gasteiger charge is -2.55. The van der Waals surface area contributed by atoms with Gasteiger partial charge in [-0.2, -0.15) is 0 Å². The van der Waals surface area contributed by atoms with Crippen LogP contribution >= 0.6 is 0 Å². The van der Waals surface area contributed by atoms with Crippen LogP contribution in [0.25, 0.3) is 6.08 Å². The summed E-state index contributed by atoms with van der Waals surface area (Å²) in [6, 6.07) is 11.6. The minimum absolute atomic E-state index is 0.0807. The SMILES string of the molecule is COc1ccc(C=CC(=O)C23CC4CC(CC(C4)C2)C3)cc1COc1ccccn1. The highest BCUT2D eigenvalue weighted by Crippen LogP contribution is 2.60. The molecule has 0 amide bonds. The van der Waals surface area contributed by atoms with Crippen molar-refractivity contribution < 1.29 is 14.3 Å². The van der Waals surface area contributed by atoms with Crippen LogP contribution in [0.3, 0.4) is 0 Å². The Morgan fingerprint density at radius 3 is 2.47 bits per heavy atom. The van der Waals surface area contributed by atoms with E-state index in [1.165, 1.54) is 19.3 Å². The van der Waals surface area contributed by atoms with E-state index in [9.17, 15) is 4.79 Å². The second-order valence-corrected chi connectivity index (χ2v) is 9.42. The molecule has 1 aromatic heterocycles. The molecule has 0 atom stereocenters. The van der Waals surface area contributed by atoms with Crippen molar-refractivity contribution in [3.8, 4) is 11.6 Å². The number of allylic oxidation sites excluding steroid dienone is 1. The van der Waals surface area contributed by atoms with E-state index in [0.29, 0.717) is 18.3 Å². The van der Waals surface area contributed by atoms with Crippen molar-refractivity contribution in [2.45, 2.75) is 45.1 Å². The molecule has 0 aliphatic heterocycles. The number of methoxy groups -OCH3 is 1. The molecule has 0 radical (unpaired) electrons. The largest absolute Gasteiger partial charge is 0.496 e.